The van der Waals surface area contributed by atoms with E-state index < -0.39 is 45.7 Å². The summed E-state index contributed by atoms with van der Waals surface area (Å²) in [7, 11) is 0. The number of non-ortho nitro benzene ring substituents is 1. The number of pyridine rings is 1. The highest BCUT2D eigenvalue weighted by molar-refractivity contribution is 6.02. The molecule has 0 amide bonds. The molecule has 8 nitrogen and oxygen atoms in total. The fourth-order valence-electron chi connectivity index (χ4n) is 3.20. The lowest BCUT2D eigenvalue weighted by atomic mass is 9.91. The Morgan fingerprint density at radius 2 is 2.03 bits per heavy atom. The lowest BCUT2D eigenvalue weighted by Crippen LogP contribution is -2.34. The second kappa shape index (κ2) is 8.73. The maximum Gasteiger partial charge on any atom is 0.417 e. The van der Waals surface area contributed by atoms with Crippen LogP contribution in [0.4, 0.5) is 23.2 Å². The number of carbonyl (C=O) groups excluding carboxylic acids is 1. The standard InChI is InChI=1S/C20H16F4N4O4/c1-3-32-19(29)15-10(2)26-18(17-14(21)5-4-8-25-17)27-16(15)12-7-6-11(28(30)31)9-13(12)20(22,23)24/h4-9,16H,3H2,1-2H3,(H,26,27). The topological polar surface area (TPSA) is 107 Å². The van der Waals surface area contributed by atoms with Crippen LogP contribution in [0.3, 0.4) is 0 Å². The number of hydrogen-bond acceptors (Lipinski definition) is 7. The first-order valence-electron chi connectivity index (χ1n) is 9.23. The Morgan fingerprint density at radius 3 is 2.62 bits per heavy atom. The van der Waals surface area contributed by atoms with Crippen molar-refractivity contribution in [2.24, 2.45) is 4.99 Å². The molecular weight excluding hydrogens is 436 g/mol. The second-order valence-electron chi connectivity index (χ2n) is 6.62. The van der Waals surface area contributed by atoms with Gasteiger partial charge in [-0.3, -0.25) is 15.1 Å². The Kier molecular flexibility index (Phi) is 6.23. The number of nitrogens with one attached hydrogen (secondary N) is 1. The van der Waals surface area contributed by atoms with Crippen LogP contribution in [0.15, 0.2) is 52.8 Å². The Morgan fingerprint density at radius 1 is 1.31 bits per heavy atom. The number of amidine groups is 1. The summed E-state index contributed by atoms with van der Waals surface area (Å²) >= 11 is 0. The van der Waals surface area contributed by atoms with E-state index in [4.69, 9.17) is 4.74 Å². The number of hydrogen-bond donors (Lipinski definition) is 1. The molecule has 1 atom stereocenters. The first kappa shape index (κ1) is 22.8. The highest BCUT2D eigenvalue weighted by Crippen LogP contribution is 2.42. The van der Waals surface area contributed by atoms with Crippen LogP contribution in [0.1, 0.15) is 36.7 Å². The zero-order valence-corrected chi connectivity index (χ0v) is 16.7. The number of ether oxygens (including phenoxy) is 1. The Labute approximate surface area is 178 Å². The maximum atomic E-state index is 14.3. The van der Waals surface area contributed by atoms with Crippen molar-refractivity contribution in [2.45, 2.75) is 26.1 Å². The molecule has 1 unspecified atom stereocenters. The van der Waals surface area contributed by atoms with E-state index >= 15 is 0 Å². The zero-order valence-electron chi connectivity index (χ0n) is 16.7. The van der Waals surface area contributed by atoms with Gasteiger partial charge in [-0.2, -0.15) is 13.2 Å². The van der Waals surface area contributed by atoms with Gasteiger partial charge in [-0.1, -0.05) is 0 Å². The molecule has 0 spiro atoms. The van der Waals surface area contributed by atoms with Crippen LogP contribution >= 0.6 is 0 Å². The van der Waals surface area contributed by atoms with Crippen molar-refractivity contribution in [1.29, 1.82) is 0 Å². The molecule has 0 fully saturated rings. The molecule has 1 aliphatic heterocycles. The van der Waals surface area contributed by atoms with Crippen molar-refractivity contribution in [2.75, 3.05) is 6.61 Å². The summed E-state index contributed by atoms with van der Waals surface area (Å²) in [5, 5.41) is 13.7. The number of aliphatic imine (C=N–C) groups is 1. The van der Waals surface area contributed by atoms with Crippen LogP contribution in [0.2, 0.25) is 0 Å². The molecule has 2 aromatic rings. The predicted octanol–water partition coefficient (Wildman–Crippen LogP) is 4.08. The molecule has 1 aromatic carbocycles. The Balaban J connectivity index is 2.27. The van der Waals surface area contributed by atoms with Gasteiger partial charge in [0.15, 0.2) is 11.7 Å². The van der Waals surface area contributed by atoms with E-state index in [1.807, 2.05) is 0 Å². The molecule has 0 radical (unpaired) electrons. The SMILES string of the molecule is CCOC(=O)C1=C(C)NC(c2ncccc2F)=NC1c1ccc([N+](=O)[O-])cc1C(F)(F)F. The molecular formula is C20H16F4N4O4. The molecule has 0 saturated carbocycles. The number of allylic oxidation sites excluding steroid dienone is 1. The first-order chi connectivity index (χ1) is 15.0. The summed E-state index contributed by atoms with van der Waals surface area (Å²) in [4.78, 5) is 30.6. The normalized spacial score (nSPS) is 16.3. The summed E-state index contributed by atoms with van der Waals surface area (Å²) in [5.74, 6) is -1.92. The van der Waals surface area contributed by atoms with Gasteiger partial charge in [-0.05, 0) is 37.6 Å². The number of alkyl halides is 3. The smallest absolute Gasteiger partial charge is 0.417 e. The van der Waals surface area contributed by atoms with Gasteiger partial charge in [0.05, 0.1) is 22.7 Å². The van der Waals surface area contributed by atoms with Gasteiger partial charge < -0.3 is 10.1 Å². The average Bonchev–Trinajstić information content (AvgIpc) is 2.72. The fraction of sp³-hybridized carbons (Fsp3) is 0.250. The number of rotatable bonds is 5. The highest BCUT2D eigenvalue weighted by atomic mass is 19.4. The molecule has 168 valence electrons. The lowest BCUT2D eigenvalue weighted by molar-refractivity contribution is -0.385. The van der Waals surface area contributed by atoms with Crippen molar-refractivity contribution in [1.82, 2.24) is 10.3 Å². The van der Waals surface area contributed by atoms with E-state index in [1.165, 1.54) is 26.1 Å². The van der Waals surface area contributed by atoms with E-state index in [0.29, 0.717) is 6.07 Å². The summed E-state index contributed by atoms with van der Waals surface area (Å²) in [6, 6.07) is 2.95. The van der Waals surface area contributed by atoms with Gasteiger partial charge in [0.25, 0.3) is 5.69 Å². The summed E-state index contributed by atoms with van der Waals surface area (Å²) < 4.78 is 60.7. The summed E-state index contributed by atoms with van der Waals surface area (Å²) in [6.45, 7) is 2.86. The van der Waals surface area contributed by atoms with Crippen molar-refractivity contribution >= 4 is 17.5 Å². The van der Waals surface area contributed by atoms with Crippen LogP contribution in [-0.4, -0.2) is 28.3 Å². The minimum Gasteiger partial charge on any atom is -0.463 e. The number of nitrogens with zero attached hydrogens (tertiary/aromatic N) is 3. The van der Waals surface area contributed by atoms with Crippen LogP contribution in [-0.2, 0) is 15.7 Å². The summed E-state index contributed by atoms with van der Waals surface area (Å²) in [5.41, 5.74) is -3.09. The zero-order chi connectivity index (χ0) is 23.6. The molecule has 3 rings (SSSR count). The van der Waals surface area contributed by atoms with Gasteiger partial charge in [0, 0.05) is 24.0 Å². The molecule has 32 heavy (non-hydrogen) atoms. The molecule has 0 saturated heterocycles. The third-order valence-electron chi connectivity index (χ3n) is 4.57. The molecule has 0 bridgehead atoms. The summed E-state index contributed by atoms with van der Waals surface area (Å²) in [6.07, 6.45) is -3.73. The number of nitro benzene ring substituents is 1. The van der Waals surface area contributed by atoms with Crippen molar-refractivity contribution in [3.05, 3.63) is 80.6 Å². The predicted molar refractivity (Wildman–Crippen MR) is 104 cm³/mol. The largest absolute Gasteiger partial charge is 0.463 e. The Hall–Kier alpha value is -3.83. The van der Waals surface area contributed by atoms with E-state index in [0.717, 1.165) is 18.2 Å². The Bertz CT molecular complexity index is 1140. The first-order valence-corrected chi connectivity index (χ1v) is 9.23. The van der Waals surface area contributed by atoms with E-state index in [2.05, 4.69) is 15.3 Å². The fourth-order valence-corrected chi connectivity index (χ4v) is 3.20. The van der Waals surface area contributed by atoms with E-state index in [1.54, 1.807) is 0 Å². The average molecular weight is 452 g/mol. The monoisotopic (exact) mass is 452 g/mol. The number of esters is 1. The number of nitro groups is 1. The molecule has 12 heteroatoms. The molecule has 1 aromatic heterocycles. The number of carbonyl (C=O) groups is 1. The van der Waals surface area contributed by atoms with Crippen molar-refractivity contribution in [3.63, 3.8) is 0 Å². The number of aromatic nitrogens is 1. The van der Waals surface area contributed by atoms with Gasteiger partial charge in [-0.15, -0.1) is 0 Å². The van der Waals surface area contributed by atoms with E-state index in [9.17, 15) is 32.5 Å². The molecule has 0 aliphatic carbocycles. The van der Waals surface area contributed by atoms with E-state index in [-0.39, 0.29) is 29.4 Å². The number of benzene rings is 1. The van der Waals surface area contributed by atoms with Crippen LogP contribution in [0.5, 0.6) is 0 Å². The van der Waals surface area contributed by atoms with Crippen molar-refractivity contribution < 1.29 is 32.0 Å². The third-order valence-corrected chi connectivity index (χ3v) is 4.57. The minimum absolute atomic E-state index is 0.0554. The van der Waals surface area contributed by atoms with Gasteiger partial charge in [0.2, 0.25) is 0 Å². The van der Waals surface area contributed by atoms with Crippen LogP contribution in [0.25, 0.3) is 0 Å². The third kappa shape index (κ3) is 4.43. The maximum absolute atomic E-state index is 14.3. The second-order valence-corrected chi connectivity index (χ2v) is 6.62. The van der Waals surface area contributed by atoms with Gasteiger partial charge >= 0.3 is 12.1 Å². The number of halogens is 4. The molecule has 1 aliphatic rings. The highest BCUT2D eigenvalue weighted by Gasteiger charge is 2.40. The quantitative estimate of drug-likeness (QED) is 0.317. The van der Waals surface area contributed by atoms with Gasteiger partial charge in [-0.25, -0.2) is 14.2 Å². The molecule has 1 N–H and O–H groups in total. The minimum atomic E-state index is -4.99. The molecule has 2 heterocycles. The van der Waals surface area contributed by atoms with Crippen LogP contribution in [0, 0.1) is 15.9 Å². The van der Waals surface area contributed by atoms with Crippen molar-refractivity contribution in [3.8, 4) is 0 Å². The van der Waals surface area contributed by atoms with Gasteiger partial charge in [0.1, 0.15) is 11.7 Å². The van der Waals surface area contributed by atoms with Crippen LogP contribution < -0.4 is 5.32 Å². The lowest BCUT2D eigenvalue weighted by Gasteiger charge is -2.27.